The molecule has 0 saturated carbocycles. The fourth-order valence-corrected chi connectivity index (χ4v) is 2.25. The van der Waals surface area contributed by atoms with Gasteiger partial charge in [-0.15, -0.1) is 0 Å². The average molecular weight is 322 g/mol. The summed E-state index contributed by atoms with van der Waals surface area (Å²) in [6.45, 7) is 1.94. The van der Waals surface area contributed by atoms with Gasteiger partial charge in [-0.25, -0.2) is 9.48 Å². The summed E-state index contributed by atoms with van der Waals surface area (Å²) in [5.41, 5.74) is 3.25. The quantitative estimate of drug-likeness (QED) is 0.767. The minimum atomic E-state index is -0.314. The van der Waals surface area contributed by atoms with Gasteiger partial charge in [0, 0.05) is 23.6 Å². The predicted molar refractivity (Wildman–Crippen MR) is 93.9 cm³/mol. The number of nitrogens with zero attached hydrogens (tertiary/aromatic N) is 2. The number of urea groups is 1. The maximum absolute atomic E-state index is 12.1. The number of hydrogen-bond acceptors (Lipinski definition) is 3. The Morgan fingerprint density at radius 2 is 1.79 bits per heavy atom. The van der Waals surface area contributed by atoms with Crippen LogP contribution in [-0.2, 0) is 0 Å². The minimum absolute atomic E-state index is 0.314. The number of hydrogen-bond donors (Lipinski definition) is 2. The molecule has 0 atom stereocenters. The zero-order valence-corrected chi connectivity index (χ0v) is 13.5. The van der Waals surface area contributed by atoms with Crippen LogP contribution < -0.4 is 15.4 Å². The van der Waals surface area contributed by atoms with Gasteiger partial charge in [0.15, 0.2) is 0 Å². The van der Waals surface area contributed by atoms with Gasteiger partial charge in [0.1, 0.15) is 5.75 Å². The van der Waals surface area contributed by atoms with Crippen LogP contribution in [0.2, 0.25) is 0 Å². The molecule has 0 bridgehead atoms. The highest BCUT2D eigenvalue weighted by molar-refractivity contribution is 5.99. The van der Waals surface area contributed by atoms with Crippen molar-refractivity contribution in [3.8, 4) is 11.4 Å². The fourth-order valence-electron chi connectivity index (χ4n) is 2.25. The molecule has 1 aromatic heterocycles. The molecule has 0 unspecified atom stereocenters. The number of rotatable bonds is 4. The van der Waals surface area contributed by atoms with Crippen LogP contribution >= 0.6 is 0 Å². The lowest BCUT2D eigenvalue weighted by atomic mass is 10.3. The van der Waals surface area contributed by atoms with Crippen LogP contribution in [0, 0.1) is 6.92 Å². The van der Waals surface area contributed by atoms with Gasteiger partial charge in [0.05, 0.1) is 18.5 Å². The van der Waals surface area contributed by atoms with E-state index < -0.39 is 0 Å². The highest BCUT2D eigenvalue weighted by Gasteiger charge is 2.04. The van der Waals surface area contributed by atoms with Gasteiger partial charge < -0.3 is 15.4 Å². The second-order valence-electron chi connectivity index (χ2n) is 5.26. The largest absolute Gasteiger partial charge is 0.497 e. The summed E-state index contributed by atoms with van der Waals surface area (Å²) in [4.78, 5) is 12.1. The van der Waals surface area contributed by atoms with E-state index in [1.54, 1.807) is 23.9 Å². The number of aryl methyl sites for hydroxylation is 1. The average Bonchev–Trinajstić information content (AvgIpc) is 3.02. The van der Waals surface area contributed by atoms with E-state index >= 15 is 0 Å². The van der Waals surface area contributed by atoms with Crippen LogP contribution in [0.5, 0.6) is 5.75 Å². The topological polar surface area (TPSA) is 68.2 Å². The van der Waals surface area contributed by atoms with Crippen molar-refractivity contribution in [2.24, 2.45) is 0 Å². The van der Waals surface area contributed by atoms with Crippen molar-refractivity contribution >= 4 is 17.4 Å². The maximum atomic E-state index is 12.1. The van der Waals surface area contributed by atoms with Crippen molar-refractivity contribution in [1.82, 2.24) is 9.78 Å². The van der Waals surface area contributed by atoms with Gasteiger partial charge in [0.2, 0.25) is 0 Å². The molecular formula is C18H18N4O2. The van der Waals surface area contributed by atoms with Gasteiger partial charge in [-0.3, -0.25) is 0 Å². The van der Waals surface area contributed by atoms with E-state index in [9.17, 15) is 4.79 Å². The molecule has 3 rings (SSSR count). The van der Waals surface area contributed by atoms with E-state index in [0.29, 0.717) is 17.1 Å². The highest BCUT2D eigenvalue weighted by Crippen LogP contribution is 2.17. The SMILES string of the molecule is COc1cccc(NC(=O)Nc2ccc(-n3ccc(C)n3)cc2)c1. The molecule has 122 valence electrons. The van der Waals surface area contributed by atoms with Crippen LogP contribution in [0.25, 0.3) is 5.69 Å². The Balaban J connectivity index is 1.64. The maximum Gasteiger partial charge on any atom is 0.323 e. The number of anilines is 2. The van der Waals surface area contributed by atoms with E-state index in [2.05, 4.69) is 15.7 Å². The standard InChI is InChI=1S/C18H18N4O2/c1-13-10-11-22(21-13)16-8-6-14(7-9-16)19-18(23)20-15-4-3-5-17(12-15)24-2/h3-12H,1-2H3,(H2,19,20,23). The Morgan fingerprint density at radius 1 is 1.04 bits per heavy atom. The van der Waals surface area contributed by atoms with E-state index in [-0.39, 0.29) is 6.03 Å². The van der Waals surface area contributed by atoms with Crippen molar-refractivity contribution < 1.29 is 9.53 Å². The Morgan fingerprint density at radius 3 is 2.46 bits per heavy atom. The van der Waals surface area contributed by atoms with Crippen molar-refractivity contribution in [3.63, 3.8) is 0 Å². The number of amides is 2. The van der Waals surface area contributed by atoms with Crippen molar-refractivity contribution in [2.45, 2.75) is 6.92 Å². The number of carbonyl (C=O) groups is 1. The van der Waals surface area contributed by atoms with Crippen LogP contribution in [0.4, 0.5) is 16.2 Å². The predicted octanol–water partition coefficient (Wildman–Crippen LogP) is 3.83. The molecule has 0 radical (unpaired) electrons. The van der Waals surface area contributed by atoms with Gasteiger partial charge in [-0.2, -0.15) is 5.10 Å². The number of aromatic nitrogens is 2. The van der Waals surface area contributed by atoms with E-state index in [4.69, 9.17) is 4.74 Å². The molecule has 0 spiro atoms. The molecule has 2 amide bonds. The summed E-state index contributed by atoms with van der Waals surface area (Å²) in [5.74, 6) is 0.687. The molecule has 6 nitrogen and oxygen atoms in total. The number of carbonyl (C=O) groups excluding carboxylic acids is 1. The zero-order valence-electron chi connectivity index (χ0n) is 13.5. The normalized spacial score (nSPS) is 10.2. The first kappa shape index (κ1) is 15.6. The van der Waals surface area contributed by atoms with Gasteiger partial charge in [0.25, 0.3) is 0 Å². The summed E-state index contributed by atoms with van der Waals surface area (Å²) in [6.07, 6.45) is 1.90. The first-order valence-corrected chi connectivity index (χ1v) is 7.49. The van der Waals surface area contributed by atoms with Gasteiger partial charge in [-0.05, 0) is 49.4 Å². The smallest absolute Gasteiger partial charge is 0.323 e. The summed E-state index contributed by atoms with van der Waals surface area (Å²) in [5, 5.41) is 9.91. The molecule has 3 aromatic rings. The summed E-state index contributed by atoms with van der Waals surface area (Å²) >= 11 is 0. The van der Waals surface area contributed by atoms with Crippen LogP contribution in [0.1, 0.15) is 5.69 Å². The van der Waals surface area contributed by atoms with Crippen LogP contribution in [0.15, 0.2) is 60.8 Å². The lowest BCUT2D eigenvalue weighted by Gasteiger charge is -2.09. The zero-order chi connectivity index (χ0) is 16.9. The number of ether oxygens (including phenoxy) is 1. The fraction of sp³-hybridized carbons (Fsp3) is 0.111. The first-order chi connectivity index (χ1) is 11.6. The first-order valence-electron chi connectivity index (χ1n) is 7.49. The molecule has 0 aliphatic rings. The third-order valence-corrected chi connectivity index (χ3v) is 3.44. The monoisotopic (exact) mass is 322 g/mol. The van der Waals surface area contributed by atoms with Crippen LogP contribution in [-0.4, -0.2) is 22.9 Å². The van der Waals surface area contributed by atoms with E-state index in [1.807, 2.05) is 55.6 Å². The Kier molecular flexibility index (Phi) is 4.47. The molecule has 0 aliphatic carbocycles. The Labute approximate surface area is 140 Å². The Bertz CT molecular complexity index is 840. The second-order valence-corrected chi connectivity index (χ2v) is 5.26. The minimum Gasteiger partial charge on any atom is -0.497 e. The summed E-state index contributed by atoms with van der Waals surface area (Å²) < 4.78 is 6.92. The third-order valence-electron chi connectivity index (χ3n) is 3.44. The molecule has 0 aliphatic heterocycles. The molecule has 0 saturated heterocycles. The molecular weight excluding hydrogens is 304 g/mol. The van der Waals surface area contributed by atoms with Crippen molar-refractivity contribution in [2.75, 3.05) is 17.7 Å². The number of benzene rings is 2. The molecule has 0 fully saturated rings. The molecule has 2 N–H and O–H groups in total. The molecule has 1 heterocycles. The molecule has 2 aromatic carbocycles. The second kappa shape index (κ2) is 6.87. The van der Waals surface area contributed by atoms with Crippen molar-refractivity contribution in [3.05, 3.63) is 66.5 Å². The summed E-state index contributed by atoms with van der Waals surface area (Å²) in [7, 11) is 1.59. The van der Waals surface area contributed by atoms with E-state index in [0.717, 1.165) is 11.4 Å². The number of methoxy groups -OCH3 is 1. The molecule has 6 heteroatoms. The molecule has 24 heavy (non-hydrogen) atoms. The number of nitrogens with one attached hydrogen (secondary N) is 2. The highest BCUT2D eigenvalue weighted by atomic mass is 16.5. The van der Waals surface area contributed by atoms with Gasteiger partial charge >= 0.3 is 6.03 Å². The van der Waals surface area contributed by atoms with Gasteiger partial charge in [-0.1, -0.05) is 6.07 Å². The summed E-state index contributed by atoms with van der Waals surface area (Å²) in [6, 6.07) is 16.3. The third kappa shape index (κ3) is 3.73. The van der Waals surface area contributed by atoms with Crippen LogP contribution in [0.3, 0.4) is 0 Å². The lowest BCUT2D eigenvalue weighted by Crippen LogP contribution is -2.19. The lowest BCUT2D eigenvalue weighted by molar-refractivity contribution is 0.262. The van der Waals surface area contributed by atoms with E-state index in [1.165, 1.54) is 0 Å². The Hall–Kier alpha value is -3.28. The van der Waals surface area contributed by atoms with Crippen molar-refractivity contribution in [1.29, 1.82) is 0 Å².